The average Bonchev–Trinajstić information content (AvgIpc) is 3.31. The van der Waals surface area contributed by atoms with Crippen molar-refractivity contribution in [3.05, 3.63) is 43.0 Å². The molecule has 0 saturated heterocycles. The zero-order valence-corrected chi connectivity index (χ0v) is 23.8. The molecule has 4 rings (SSSR count). The summed E-state index contributed by atoms with van der Waals surface area (Å²) in [5.41, 5.74) is 3.50. The number of hydrogen-bond donors (Lipinski definition) is 0. The minimum absolute atomic E-state index is 0.106. The Bertz CT molecular complexity index is 1360. The van der Waals surface area contributed by atoms with E-state index in [-0.39, 0.29) is 5.04 Å². The second-order valence-corrected chi connectivity index (χ2v) is 15.2. The van der Waals surface area contributed by atoms with Crippen molar-refractivity contribution >= 4 is 31.1 Å². The van der Waals surface area contributed by atoms with Crippen molar-refractivity contribution in [3.8, 4) is 22.8 Å². The molecule has 0 saturated carbocycles. The molecular weight excluding hydrogens is 486 g/mol. The van der Waals surface area contributed by atoms with E-state index in [1.54, 1.807) is 37.5 Å². The van der Waals surface area contributed by atoms with E-state index < -0.39 is 8.32 Å². The monoisotopic (exact) mass is 521 g/mol. The molecule has 0 fully saturated rings. The number of ether oxygens (including phenoxy) is 2. The van der Waals surface area contributed by atoms with Gasteiger partial charge in [0, 0.05) is 43.6 Å². The van der Waals surface area contributed by atoms with Crippen molar-refractivity contribution in [3.63, 3.8) is 0 Å². The molecule has 0 bridgehead atoms. The molecule has 0 spiro atoms. The van der Waals surface area contributed by atoms with Gasteiger partial charge in [-0.15, -0.1) is 0 Å². The predicted molar refractivity (Wildman–Crippen MR) is 147 cm³/mol. The van der Waals surface area contributed by atoms with Gasteiger partial charge in [-0.25, -0.2) is 15.0 Å². The SMILES string of the molecule is COc1cc(OC)cc(N(CCO[Si](C)(C)C(C)(C)C)c2ncc3ncc(-c4cnn(C)c4)nc3n2)c1. The molecule has 4 aromatic rings. The van der Waals surface area contributed by atoms with Gasteiger partial charge in [0.05, 0.1) is 50.8 Å². The number of nitrogens with zero attached hydrogens (tertiary/aromatic N) is 7. The maximum Gasteiger partial charge on any atom is 0.232 e. The summed E-state index contributed by atoms with van der Waals surface area (Å²) in [4.78, 5) is 20.7. The van der Waals surface area contributed by atoms with Crippen LogP contribution < -0.4 is 14.4 Å². The summed E-state index contributed by atoms with van der Waals surface area (Å²) in [5.74, 6) is 1.83. The highest BCUT2D eigenvalue weighted by Crippen LogP contribution is 2.37. The van der Waals surface area contributed by atoms with E-state index >= 15 is 0 Å². The zero-order valence-electron chi connectivity index (χ0n) is 22.8. The fourth-order valence-corrected chi connectivity index (χ4v) is 4.56. The molecule has 0 amide bonds. The van der Waals surface area contributed by atoms with E-state index in [4.69, 9.17) is 23.9 Å². The van der Waals surface area contributed by atoms with Gasteiger partial charge in [-0.1, -0.05) is 20.8 Å². The van der Waals surface area contributed by atoms with Crippen molar-refractivity contribution in [1.82, 2.24) is 29.7 Å². The van der Waals surface area contributed by atoms with E-state index in [0.717, 1.165) is 11.3 Å². The topological polar surface area (TPSA) is 100 Å². The predicted octanol–water partition coefficient (Wildman–Crippen LogP) is 5.00. The Labute approximate surface area is 218 Å². The van der Waals surface area contributed by atoms with Crippen molar-refractivity contribution < 1.29 is 13.9 Å². The van der Waals surface area contributed by atoms with Crippen molar-refractivity contribution in [2.45, 2.75) is 38.9 Å². The number of anilines is 2. The lowest BCUT2D eigenvalue weighted by Gasteiger charge is -2.36. The van der Waals surface area contributed by atoms with Gasteiger partial charge in [0.15, 0.2) is 14.0 Å². The standard InChI is InChI=1S/C26H35N7O3Si/c1-26(2,3)37(7,8)36-10-9-33(19-11-20(34-5)13-21(12-19)35-6)25-28-16-23-24(31-25)30-22(15-27-23)18-14-29-32(4)17-18/h11-17H,9-10H2,1-8H3. The molecule has 1 aromatic carbocycles. The molecule has 0 unspecified atom stereocenters. The number of methoxy groups -OCH3 is 2. The molecule has 11 heteroatoms. The van der Waals surface area contributed by atoms with Gasteiger partial charge >= 0.3 is 0 Å². The van der Waals surface area contributed by atoms with Crippen LogP contribution in [0, 0.1) is 0 Å². The highest BCUT2D eigenvalue weighted by atomic mass is 28.4. The maximum atomic E-state index is 6.49. The van der Waals surface area contributed by atoms with Gasteiger partial charge in [0.25, 0.3) is 0 Å². The Morgan fingerprint density at radius 2 is 1.65 bits per heavy atom. The number of aryl methyl sites for hydroxylation is 1. The maximum absolute atomic E-state index is 6.49. The van der Waals surface area contributed by atoms with E-state index in [1.807, 2.05) is 36.3 Å². The molecule has 0 radical (unpaired) electrons. The summed E-state index contributed by atoms with van der Waals surface area (Å²) < 4.78 is 19.3. The van der Waals surface area contributed by atoms with E-state index in [1.165, 1.54) is 0 Å². The molecule has 37 heavy (non-hydrogen) atoms. The lowest BCUT2D eigenvalue weighted by Crippen LogP contribution is -2.42. The molecule has 196 valence electrons. The number of benzene rings is 1. The first-order valence-electron chi connectivity index (χ1n) is 12.1. The largest absolute Gasteiger partial charge is 0.497 e. The number of aromatic nitrogens is 6. The Hall–Kier alpha value is -3.57. The molecule has 0 N–H and O–H groups in total. The average molecular weight is 522 g/mol. The highest BCUT2D eigenvalue weighted by Gasteiger charge is 2.37. The van der Waals surface area contributed by atoms with Crippen LogP contribution in [0.5, 0.6) is 11.5 Å². The second-order valence-electron chi connectivity index (χ2n) is 10.4. The summed E-state index contributed by atoms with van der Waals surface area (Å²) >= 11 is 0. The molecule has 0 aliphatic carbocycles. The van der Waals surface area contributed by atoms with Crippen LogP contribution in [0.1, 0.15) is 20.8 Å². The van der Waals surface area contributed by atoms with E-state index in [0.29, 0.717) is 47.5 Å². The number of fused-ring (bicyclic) bond motifs is 1. The van der Waals surface area contributed by atoms with Crippen molar-refractivity contribution in [2.75, 3.05) is 32.3 Å². The van der Waals surface area contributed by atoms with Crippen LogP contribution in [0.4, 0.5) is 11.6 Å². The third kappa shape index (κ3) is 5.88. The first kappa shape index (κ1) is 26.5. The third-order valence-electron chi connectivity index (χ3n) is 6.76. The summed E-state index contributed by atoms with van der Waals surface area (Å²) in [5, 5.41) is 4.34. The van der Waals surface area contributed by atoms with Gasteiger partial charge < -0.3 is 18.8 Å². The molecule has 0 atom stereocenters. The van der Waals surface area contributed by atoms with E-state index in [9.17, 15) is 0 Å². The molecule has 10 nitrogen and oxygen atoms in total. The minimum Gasteiger partial charge on any atom is -0.497 e. The molecule has 3 aromatic heterocycles. The Kier molecular flexibility index (Phi) is 7.46. The molecule has 3 heterocycles. The van der Waals surface area contributed by atoms with Gasteiger partial charge in [-0.3, -0.25) is 4.68 Å². The number of hydrogen-bond acceptors (Lipinski definition) is 9. The van der Waals surface area contributed by atoms with Crippen LogP contribution in [0.25, 0.3) is 22.4 Å². The minimum atomic E-state index is -1.94. The number of rotatable bonds is 9. The lowest BCUT2D eigenvalue weighted by atomic mass is 10.2. The first-order valence-corrected chi connectivity index (χ1v) is 15.0. The van der Waals surface area contributed by atoms with Crippen LogP contribution in [0.2, 0.25) is 18.1 Å². The summed E-state index contributed by atoms with van der Waals surface area (Å²) in [7, 11) is 3.18. The van der Waals surface area contributed by atoms with Gasteiger partial charge in [0.1, 0.15) is 17.0 Å². The molecule has 0 aliphatic heterocycles. The van der Waals surface area contributed by atoms with Crippen LogP contribution >= 0.6 is 0 Å². The third-order valence-corrected chi connectivity index (χ3v) is 11.3. The van der Waals surface area contributed by atoms with Crippen LogP contribution in [0.3, 0.4) is 0 Å². The van der Waals surface area contributed by atoms with Crippen molar-refractivity contribution in [1.29, 1.82) is 0 Å². The summed E-state index contributed by atoms with van der Waals surface area (Å²) in [6.07, 6.45) is 7.05. The highest BCUT2D eigenvalue weighted by molar-refractivity contribution is 6.74. The first-order chi connectivity index (χ1) is 17.5. The normalized spacial score (nSPS) is 12.1. The Morgan fingerprint density at radius 1 is 0.946 bits per heavy atom. The fraction of sp³-hybridized carbons (Fsp3) is 0.423. The summed E-state index contributed by atoms with van der Waals surface area (Å²) in [6, 6.07) is 5.70. The Balaban J connectivity index is 1.73. The van der Waals surface area contributed by atoms with Crippen LogP contribution in [-0.2, 0) is 11.5 Å². The quantitative estimate of drug-likeness (QED) is 0.282. The summed E-state index contributed by atoms with van der Waals surface area (Å²) in [6.45, 7) is 12.2. The fourth-order valence-electron chi connectivity index (χ4n) is 3.53. The smallest absolute Gasteiger partial charge is 0.232 e. The zero-order chi connectivity index (χ0) is 26.8. The van der Waals surface area contributed by atoms with Gasteiger partial charge in [-0.05, 0) is 18.1 Å². The van der Waals surface area contributed by atoms with Crippen LogP contribution in [-0.4, -0.2) is 65.4 Å². The lowest BCUT2D eigenvalue weighted by molar-refractivity contribution is 0.296. The Morgan fingerprint density at radius 3 is 2.24 bits per heavy atom. The molecular formula is C26H35N7O3Si. The van der Waals surface area contributed by atoms with Crippen molar-refractivity contribution in [2.24, 2.45) is 7.05 Å². The van der Waals surface area contributed by atoms with E-state index in [2.05, 4.69) is 48.9 Å². The second kappa shape index (κ2) is 10.4. The van der Waals surface area contributed by atoms with Gasteiger partial charge in [0.2, 0.25) is 5.95 Å². The van der Waals surface area contributed by atoms with Crippen LogP contribution in [0.15, 0.2) is 43.0 Å². The van der Waals surface area contributed by atoms with Gasteiger partial charge in [-0.2, -0.15) is 10.1 Å². The molecule has 0 aliphatic rings.